The maximum absolute atomic E-state index is 12.3. The van der Waals surface area contributed by atoms with E-state index >= 15 is 0 Å². The second kappa shape index (κ2) is 8.58. The summed E-state index contributed by atoms with van der Waals surface area (Å²) in [6.45, 7) is 4.74. The Morgan fingerprint density at radius 3 is 2.75 bits per heavy atom. The van der Waals surface area contributed by atoms with Gasteiger partial charge in [0.1, 0.15) is 0 Å². The van der Waals surface area contributed by atoms with Crippen LogP contribution in [0.25, 0.3) is 11.5 Å². The molecule has 2 heterocycles. The number of aryl methyl sites for hydroxylation is 1. The van der Waals surface area contributed by atoms with E-state index in [1.807, 2.05) is 30.7 Å². The molecule has 8 heteroatoms. The van der Waals surface area contributed by atoms with Crippen molar-refractivity contribution in [2.75, 3.05) is 13.1 Å². The lowest BCUT2D eigenvalue weighted by Gasteiger charge is -2.23. The fourth-order valence-corrected chi connectivity index (χ4v) is 2.85. The number of thiophene rings is 1. The van der Waals surface area contributed by atoms with Crippen LogP contribution >= 0.6 is 11.3 Å². The summed E-state index contributed by atoms with van der Waals surface area (Å²) < 4.78 is 5.56. The van der Waals surface area contributed by atoms with Gasteiger partial charge in [0.05, 0.1) is 6.42 Å². The van der Waals surface area contributed by atoms with Gasteiger partial charge in [-0.25, -0.2) is 0 Å². The lowest BCUT2D eigenvalue weighted by molar-refractivity contribution is -0.138. The van der Waals surface area contributed by atoms with E-state index in [2.05, 4.69) is 10.2 Å². The molecule has 0 saturated carbocycles. The number of carboxylic acids is 1. The van der Waals surface area contributed by atoms with E-state index in [0.717, 1.165) is 5.56 Å². The van der Waals surface area contributed by atoms with Crippen LogP contribution in [0.1, 0.15) is 32.6 Å². The third kappa shape index (κ3) is 5.45. The summed E-state index contributed by atoms with van der Waals surface area (Å²) in [6.07, 6.45) is 0.510. The Morgan fingerprint density at radius 1 is 1.33 bits per heavy atom. The molecule has 0 unspecified atom stereocenters. The standard InChI is InChI=1S/C16H21N3O4S/c1-11(2)9-19(7-5-15(21)22)14(20)4-3-13-17-18-16(23-13)12-6-8-24-10-12/h6,8,10-11H,3-5,7,9H2,1-2H3,(H,21,22). The van der Waals surface area contributed by atoms with Crippen LogP contribution in [0, 0.1) is 5.92 Å². The van der Waals surface area contributed by atoms with Gasteiger partial charge in [-0.15, -0.1) is 10.2 Å². The van der Waals surface area contributed by atoms with Gasteiger partial charge in [-0.05, 0) is 17.4 Å². The molecule has 0 bridgehead atoms. The molecular formula is C16H21N3O4S. The van der Waals surface area contributed by atoms with Crippen molar-refractivity contribution < 1.29 is 19.1 Å². The van der Waals surface area contributed by atoms with Gasteiger partial charge in [0, 0.05) is 36.9 Å². The van der Waals surface area contributed by atoms with Crippen molar-refractivity contribution in [1.82, 2.24) is 15.1 Å². The molecule has 0 radical (unpaired) electrons. The molecule has 0 fully saturated rings. The lowest BCUT2D eigenvalue weighted by Crippen LogP contribution is -2.36. The minimum atomic E-state index is -0.908. The summed E-state index contributed by atoms with van der Waals surface area (Å²) >= 11 is 1.54. The molecule has 0 spiro atoms. The first kappa shape index (κ1) is 18.1. The summed E-state index contributed by atoms with van der Waals surface area (Å²) in [5, 5.41) is 20.6. The Morgan fingerprint density at radius 2 is 2.12 bits per heavy atom. The number of carbonyl (C=O) groups is 2. The van der Waals surface area contributed by atoms with Gasteiger partial charge in [0.2, 0.25) is 17.7 Å². The Balaban J connectivity index is 1.90. The van der Waals surface area contributed by atoms with Crippen LogP contribution in [0.15, 0.2) is 21.2 Å². The number of aliphatic carboxylic acids is 1. The molecule has 7 nitrogen and oxygen atoms in total. The Kier molecular flexibility index (Phi) is 6.48. The number of nitrogens with zero attached hydrogens (tertiary/aromatic N) is 3. The van der Waals surface area contributed by atoms with Crippen molar-refractivity contribution >= 4 is 23.2 Å². The molecule has 130 valence electrons. The number of carboxylic acid groups (broad SMARTS) is 1. The first-order valence-electron chi connectivity index (χ1n) is 7.80. The predicted molar refractivity (Wildman–Crippen MR) is 89.6 cm³/mol. The number of amides is 1. The molecular weight excluding hydrogens is 330 g/mol. The van der Waals surface area contributed by atoms with Gasteiger partial charge in [-0.2, -0.15) is 11.3 Å². The highest BCUT2D eigenvalue weighted by molar-refractivity contribution is 7.08. The largest absolute Gasteiger partial charge is 0.481 e. The smallest absolute Gasteiger partial charge is 0.305 e. The van der Waals surface area contributed by atoms with Gasteiger partial charge in [-0.1, -0.05) is 13.8 Å². The molecule has 2 aromatic rings. The Labute approximate surface area is 144 Å². The topological polar surface area (TPSA) is 96.5 Å². The molecule has 1 N–H and O–H groups in total. The SMILES string of the molecule is CC(C)CN(CCC(=O)O)C(=O)CCc1nnc(-c2ccsc2)o1. The van der Waals surface area contributed by atoms with E-state index in [1.54, 1.807) is 16.2 Å². The van der Waals surface area contributed by atoms with E-state index in [4.69, 9.17) is 9.52 Å². The van der Waals surface area contributed by atoms with Gasteiger partial charge in [-0.3, -0.25) is 9.59 Å². The zero-order chi connectivity index (χ0) is 17.5. The molecule has 0 atom stereocenters. The quantitative estimate of drug-likeness (QED) is 0.746. The zero-order valence-electron chi connectivity index (χ0n) is 13.8. The fourth-order valence-electron chi connectivity index (χ4n) is 2.22. The molecule has 0 aliphatic rings. The first-order chi connectivity index (χ1) is 11.5. The first-order valence-corrected chi connectivity index (χ1v) is 8.74. The average molecular weight is 351 g/mol. The second-order valence-electron chi connectivity index (χ2n) is 5.89. The van der Waals surface area contributed by atoms with Crippen molar-refractivity contribution in [3.05, 3.63) is 22.7 Å². The number of aromatic nitrogens is 2. The van der Waals surface area contributed by atoms with Crippen molar-refractivity contribution in [3.63, 3.8) is 0 Å². The maximum Gasteiger partial charge on any atom is 0.305 e. The number of hydrogen-bond donors (Lipinski definition) is 1. The summed E-state index contributed by atoms with van der Waals surface area (Å²) in [5.74, 6) is 0.126. The van der Waals surface area contributed by atoms with Crippen LogP contribution in [0.5, 0.6) is 0 Å². The van der Waals surface area contributed by atoms with Crippen LogP contribution in [0.3, 0.4) is 0 Å². The summed E-state index contributed by atoms with van der Waals surface area (Å²) in [6, 6.07) is 1.89. The van der Waals surface area contributed by atoms with E-state index < -0.39 is 5.97 Å². The van der Waals surface area contributed by atoms with Gasteiger partial charge in [0.15, 0.2) is 0 Å². The van der Waals surface area contributed by atoms with Crippen molar-refractivity contribution in [2.45, 2.75) is 33.1 Å². The van der Waals surface area contributed by atoms with Gasteiger partial charge >= 0.3 is 5.97 Å². The highest BCUT2D eigenvalue weighted by atomic mass is 32.1. The predicted octanol–water partition coefficient (Wildman–Crippen LogP) is 2.69. The maximum atomic E-state index is 12.3. The van der Waals surface area contributed by atoms with Gasteiger partial charge < -0.3 is 14.4 Å². The van der Waals surface area contributed by atoms with Crippen molar-refractivity contribution in [3.8, 4) is 11.5 Å². The summed E-state index contributed by atoms with van der Waals surface area (Å²) in [5.41, 5.74) is 0.868. The van der Waals surface area contributed by atoms with Crippen LogP contribution in [0.4, 0.5) is 0 Å². The molecule has 24 heavy (non-hydrogen) atoms. The molecule has 0 aromatic carbocycles. The summed E-state index contributed by atoms with van der Waals surface area (Å²) in [7, 11) is 0. The van der Waals surface area contributed by atoms with Crippen LogP contribution in [0.2, 0.25) is 0 Å². The third-order valence-corrected chi connectivity index (χ3v) is 4.00. The van der Waals surface area contributed by atoms with Crippen molar-refractivity contribution in [1.29, 1.82) is 0 Å². The van der Waals surface area contributed by atoms with E-state index in [0.29, 0.717) is 24.7 Å². The monoisotopic (exact) mass is 351 g/mol. The zero-order valence-corrected chi connectivity index (χ0v) is 14.6. The van der Waals surface area contributed by atoms with Crippen LogP contribution in [-0.4, -0.2) is 45.2 Å². The number of hydrogen-bond acceptors (Lipinski definition) is 6. The van der Waals surface area contributed by atoms with Crippen LogP contribution < -0.4 is 0 Å². The average Bonchev–Trinajstić information content (AvgIpc) is 3.18. The molecule has 1 amide bonds. The van der Waals surface area contributed by atoms with E-state index in [9.17, 15) is 9.59 Å². The fraction of sp³-hybridized carbons (Fsp3) is 0.500. The van der Waals surface area contributed by atoms with Gasteiger partial charge in [0.25, 0.3) is 0 Å². The highest BCUT2D eigenvalue weighted by Gasteiger charge is 2.17. The number of rotatable bonds is 9. The Bertz CT molecular complexity index is 667. The van der Waals surface area contributed by atoms with Crippen molar-refractivity contribution in [2.24, 2.45) is 5.92 Å². The number of carbonyl (C=O) groups excluding carboxylic acids is 1. The van der Waals surface area contributed by atoms with Crippen LogP contribution in [-0.2, 0) is 16.0 Å². The van der Waals surface area contributed by atoms with E-state index in [-0.39, 0.29) is 31.2 Å². The minimum absolute atomic E-state index is 0.0542. The van der Waals surface area contributed by atoms with E-state index in [1.165, 1.54) is 0 Å². The molecule has 0 aliphatic carbocycles. The third-order valence-electron chi connectivity index (χ3n) is 3.32. The Hall–Kier alpha value is -2.22. The second-order valence-corrected chi connectivity index (χ2v) is 6.67. The molecule has 0 saturated heterocycles. The summed E-state index contributed by atoms with van der Waals surface area (Å²) in [4.78, 5) is 24.7. The highest BCUT2D eigenvalue weighted by Crippen LogP contribution is 2.20. The normalized spacial score (nSPS) is 11.0. The minimum Gasteiger partial charge on any atom is -0.481 e. The molecule has 0 aliphatic heterocycles. The lowest BCUT2D eigenvalue weighted by atomic mass is 10.2. The molecule has 2 aromatic heterocycles. The molecule has 2 rings (SSSR count).